The third-order valence-corrected chi connectivity index (χ3v) is 1.24. The van der Waals surface area contributed by atoms with E-state index in [4.69, 9.17) is 0 Å². The molecule has 0 aromatic rings. The van der Waals surface area contributed by atoms with Crippen LogP contribution < -0.4 is 0 Å². The van der Waals surface area contributed by atoms with Gasteiger partial charge < -0.3 is 9.47 Å². The SMILES string of the molecule is C=C1OC(F)(F)C(F)(C(F)(F)F)O1.F. The number of alkyl halides is 6. The predicted molar refractivity (Wildman–Crippen MR) is 28.7 cm³/mol. The number of halogens is 7. The maximum absolute atomic E-state index is 12.6. The van der Waals surface area contributed by atoms with Gasteiger partial charge in [-0.1, -0.05) is 0 Å². The van der Waals surface area contributed by atoms with Crippen molar-refractivity contribution in [3.8, 4) is 0 Å². The molecule has 1 aliphatic heterocycles. The first-order valence-corrected chi connectivity index (χ1v) is 2.80. The molecule has 0 saturated carbocycles. The molecule has 0 amide bonds. The topological polar surface area (TPSA) is 18.5 Å². The highest BCUT2D eigenvalue weighted by molar-refractivity contribution is 4.97. The van der Waals surface area contributed by atoms with E-state index in [0.29, 0.717) is 0 Å². The van der Waals surface area contributed by atoms with Crippen molar-refractivity contribution in [2.45, 2.75) is 18.1 Å². The summed E-state index contributed by atoms with van der Waals surface area (Å²) in [7, 11) is 0. The fraction of sp³-hybridized carbons (Fsp3) is 0.600. The standard InChI is InChI=1S/C5H2F6O2.FH/c1-2-12-3(6,4(7,8)9)5(10,11)13-2;/h1H2;1H. The fourth-order valence-electron chi connectivity index (χ4n) is 0.669. The average Bonchev–Trinajstić information content (AvgIpc) is 2.00. The second-order valence-corrected chi connectivity index (χ2v) is 2.19. The van der Waals surface area contributed by atoms with Crippen LogP contribution in [0.1, 0.15) is 0 Å². The molecule has 0 spiro atoms. The van der Waals surface area contributed by atoms with Crippen LogP contribution in [0, 0.1) is 0 Å². The average molecular weight is 228 g/mol. The summed E-state index contributed by atoms with van der Waals surface area (Å²) in [5.41, 5.74) is 0. The van der Waals surface area contributed by atoms with Gasteiger partial charge in [0.2, 0.25) is 0 Å². The molecule has 1 fully saturated rings. The summed E-state index contributed by atoms with van der Waals surface area (Å²) < 4.78 is 78.5. The molecular formula is C5H3F7O2. The number of rotatable bonds is 0. The van der Waals surface area contributed by atoms with Crippen molar-refractivity contribution in [3.05, 3.63) is 12.5 Å². The predicted octanol–water partition coefficient (Wildman–Crippen LogP) is 2.48. The lowest BCUT2D eigenvalue weighted by atomic mass is 10.3. The van der Waals surface area contributed by atoms with Crippen molar-refractivity contribution >= 4 is 0 Å². The molecule has 84 valence electrons. The van der Waals surface area contributed by atoms with Crippen molar-refractivity contribution in [2.75, 3.05) is 0 Å². The van der Waals surface area contributed by atoms with Crippen LogP contribution in [0.4, 0.5) is 31.0 Å². The molecule has 1 unspecified atom stereocenters. The zero-order valence-corrected chi connectivity index (χ0v) is 6.20. The Labute approximate surface area is 72.5 Å². The zero-order chi connectivity index (χ0) is 10.5. The van der Waals surface area contributed by atoms with Crippen LogP contribution >= 0.6 is 0 Å². The number of hydrogen-bond donors (Lipinski definition) is 0. The highest BCUT2D eigenvalue weighted by atomic mass is 19.4. The summed E-state index contributed by atoms with van der Waals surface area (Å²) >= 11 is 0. The van der Waals surface area contributed by atoms with Crippen LogP contribution in [0.3, 0.4) is 0 Å². The molecule has 0 radical (unpaired) electrons. The van der Waals surface area contributed by atoms with E-state index in [9.17, 15) is 26.3 Å². The minimum atomic E-state index is -5.89. The molecule has 0 bridgehead atoms. The van der Waals surface area contributed by atoms with Crippen LogP contribution in [0.15, 0.2) is 12.5 Å². The summed E-state index contributed by atoms with van der Waals surface area (Å²) in [5, 5.41) is 0. The van der Waals surface area contributed by atoms with Gasteiger partial charge in [0.15, 0.2) is 0 Å². The van der Waals surface area contributed by atoms with Crippen molar-refractivity contribution in [2.24, 2.45) is 0 Å². The van der Waals surface area contributed by atoms with Crippen molar-refractivity contribution < 1.29 is 40.5 Å². The first-order chi connectivity index (χ1) is 5.60. The molecule has 0 N–H and O–H groups in total. The minimum Gasteiger partial charge on any atom is -0.412 e. The Morgan fingerprint density at radius 2 is 1.50 bits per heavy atom. The molecular weight excluding hydrogens is 225 g/mol. The molecule has 1 rings (SSSR count). The lowest BCUT2D eigenvalue weighted by molar-refractivity contribution is -0.393. The second kappa shape index (κ2) is 2.92. The molecule has 0 aliphatic carbocycles. The highest BCUT2D eigenvalue weighted by Crippen LogP contribution is 2.52. The molecule has 0 aromatic heterocycles. The summed E-state index contributed by atoms with van der Waals surface area (Å²) in [4.78, 5) is 0. The Bertz CT molecular complexity index is 247. The number of ether oxygens (including phenoxy) is 2. The normalized spacial score (nSPS) is 30.3. The van der Waals surface area contributed by atoms with E-state index >= 15 is 0 Å². The second-order valence-electron chi connectivity index (χ2n) is 2.19. The van der Waals surface area contributed by atoms with Gasteiger partial charge in [-0.3, -0.25) is 4.70 Å². The van der Waals surface area contributed by atoms with Crippen LogP contribution in [-0.2, 0) is 9.47 Å². The summed E-state index contributed by atoms with van der Waals surface area (Å²) in [5.74, 6) is -6.57. The minimum absolute atomic E-state index is 0. The van der Waals surface area contributed by atoms with Gasteiger partial charge in [0.25, 0.3) is 5.95 Å². The van der Waals surface area contributed by atoms with Gasteiger partial charge in [-0.25, -0.2) is 0 Å². The third-order valence-electron chi connectivity index (χ3n) is 1.24. The lowest BCUT2D eigenvalue weighted by Gasteiger charge is -2.23. The largest absolute Gasteiger partial charge is 0.483 e. The van der Waals surface area contributed by atoms with Gasteiger partial charge in [0, 0.05) is 0 Å². The smallest absolute Gasteiger partial charge is 0.412 e. The molecule has 9 heteroatoms. The van der Waals surface area contributed by atoms with Gasteiger partial charge in [-0.05, 0) is 6.58 Å². The zero-order valence-electron chi connectivity index (χ0n) is 6.20. The molecule has 1 saturated heterocycles. The van der Waals surface area contributed by atoms with Gasteiger partial charge in [0.05, 0.1) is 0 Å². The third kappa shape index (κ3) is 1.46. The Morgan fingerprint density at radius 1 is 1.07 bits per heavy atom. The Hall–Kier alpha value is -1.15. The molecule has 0 aromatic carbocycles. The fourth-order valence-corrected chi connectivity index (χ4v) is 0.669. The molecule has 2 nitrogen and oxygen atoms in total. The van der Waals surface area contributed by atoms with Crippen LogP contribution in [0.2, 0.25) is 0 Å². The summed E-state index contributed by atoms with van der Waals surface area (Å²) in [6.07, 6.45) is -11.0. The Kier molecular flexibility index (Phi) is 2.68. The van der Waals surface area contributed by atoms with E-state index in [1.165, 1.54) is 0 Å². The van der Waals surface area contributed by atoms with Gasteiger partial charge >= 0.3 is 18.1 Å². The number of hydrogen-bond acceptors (Lipinski definition) is 2. The van der Waals surface area contributed by atoms with Crippen molar-refractivity contribution in [1.82, 2.24) is 0 Å². The van der Waals surface area contributed by atoms with Crippen LogP contribution in [-0.4, -0.2) is 18.1 Å². The Balaban J connectivity index is 0.00000169. The molecule has 14 heavy (non-hydrogen) atoms. The highest BCUT2D eigenvalue weighted by Gasteiger charge is 2.80. The van der Waals surface area contributed by atoms with E-state index in [-0.39, 0.29) is 4.70 Å². The van der Waals surface area contributed by atoms with Crippen LogP contribution in [0.25, 0.3) is 0 Å². The van der Waals surface area contributed by atoms with Crippen molar-refractivity contribution in [3.63, 3.8) is 0 Å². The van der Waals surface area contributed by atoms with E-state index in [2.05, 4.69) is 16.1 Å². The van der Waals surface area contributed by atoms with Crippen LogP contribution in [0.5, 0.6) is 0 Å². The van der Waals surface area contributed by atoms with Gasteiger partial charge in [-0.15, -0.1) is 0 Å². The monoisotopic (exact) mass is 228 g/mol. The van der Waals surface area contributed by atoms with Gasteiger partial charge in [0.1, 0.15) is 0 Å². The molecule has 1 aliphatic rings. The maximum Gasteiger partial charge on any atom is 0.483 e. The Morgan fingerprint density at radius 3 is 1.64 bits per heavy atom. The van der Waals surface area contributed by atoms with E-state index < -0.39 is 24.1 Å². The van der Waals surface area contributed by atoms with Crippen molar-refractivity contribution in [1.29, 1.82) is 0 Å². The first kappa shape index (κ1) is 12.8. The summed E-state index contributed by atoms with van der Waals surface area (Å²) in [6, 6.07) is 0. The maximum atomic E-state index is 12.6. The van der Waals surface area contributed by atoms with Gasteiger partial charge in [-0.2, -0.15) is 26.3 Å². The summed E-state index contributed by atoms with van der Waals surface area (Å²) in [6.45, 7) is 2.49. The quantitative estimate of drug-likeness (QED) is 0.593. The molecule has 1 atom stereocenters. The lowest BCUT2D eigenvalue weighted by Crippen LogP contribution is -2.53. The van der Waals surface area contributed by atoms with E-state index in [1.807, 2.05) is 0 Å². The molecule has 1 heterocycles. The van der Waals surface area contributed by atoms with E-state index in [0.717, 1.165) is 0 Å². The van der Waals surface area contributed by atoms with E-state index in [1.54, 1.807) is 0 Å². The first-order valence-electron chi connectivity index (χ1n) is 2.80.